The maximum Gasteiger partial charge on any atom is 0.0371 e. The minimum atomic E-state index is -0.0208. The maximum absolute atomic E-state index is 5.33. The van der Waals surface area contributed by atoms with E-state index in [1.165, 1.54) is 5.37 Å². The molecule has 7 heavy (non-hydrogen) atoms. The van der Waals surface area contributed by atoms with Crippen molar-refractivity contribution in [3.63, 3.8) is 0 Å². The second kappa shape index (κ2) is 4.30. The Balaban J connectivity index is 3.15. The van der Waals surface area contributed by atoms with Crippen molar-refractivity contribution in [1.82, 2.24) is 0 Å². The molecule has 1 atom stereocenters. The molecule has 1 unspecified atom stereocenters. The van der Waals surface area contributed by atoms with Crippen LogP contribution in [-0.2, 0) is 0 Å². The van der Waals surface area contributed by atoms with Crippen molar-refractivity contribution >= 4 is 35.2 Å². The highest BCUT2D eigenvalue weighted by atomic mass is 32.1. The van der Waals surface area contributed by atoms with Gasteiger partial charge in [0.1, 0.15) is 0 Å². The first-order valence-electron chi connectivity index (χ1n) is 1.95. The quantitative estimate of drug-likeness (QED) is 0.574. The van der Waals surface area contributed by atoms with Crippen LogP contribution in [0.25, 0.3) is 0 Å². The number of thiocarbonyl (C=S) groups is 2. The van der Waals surface area contributed by atoms with Crippen LogP contribution in [0.5, 0.6) is 0 Å². The summed E-state index contributed by atoms with van der Waals surface area (Å²) in [6.07, 6.45) is 0.707. The third-order valence-corrected chi connectivity index (χ3v) is 1.09. The molecule has 0 aliphatic rings. The molecule has 0 aliphatic heterocycles. The Labute approximate surface area is 53.9 Å². The predicted molar refractivity (Wildman–Crippen MR) is 39.9 cm³/mol. The Hall–Kier alpha value is 0.140. The summed E-state index contributed by atoms with van der Waals surface area (Å²) in [5.41, 5.74) is 5.33. The van der Waals surface area contributed by atoms with Crippen LogP contribution in [0.15, 0.2) is 0 Å². The molecule has 0 saturated heterocycles. The molecule has 0 aromatic carbocycles. The monoisotopic (exact) mass is 133 g/mol. The van der Waals surface area contributed by atoms with Crippen LogP contribution in [0.2, 0.25) is 0 Å². The molecule has 0 rings (SSSR count). The first-order chi connectivity index (χ1) is 3.31. The molecule has 2 N–H and O–H groups in total. The van der Waals surface area contributed by atoms with Crippen LogP contribution in [0.3, 0.4) is 0 Å². The highest BCUT2D eigenvalue weighted by molar-refractivity contribution is 7.79. The molecule has 0 spiro atoms. The van der Waals surface area contributed by atoms with E-state index in [9.17, 15) is 0 Å². The normalized spacial score (nSPS) is 12.7. The molecule has 0 saturated carbocycles. The van der Waals surface area contributed by atoms with Crippen LogP contribution in [-0.4, -0.2) is 16.8 Å². The summed E-state index contributed by atoms with van der Waals surface area (Å²) in [5.74, 6) is 0. The van der Waals surface area contributed by atoms with Crippen molar-refractivity contribution in [3.05, 3.63) is 0 Å². The van der Waals surface area contributed by atoms with E-state index in [1.807, 2.05) is 0 Å². The van der Waals surface area contributed by atoms with Gasteiger partial charge < -0.3 is 5.73 Å². The Morgan fingerprint density at radius 2 is 2.14 bits per heavy atom. The summed E-state index contributed by atoms with van der Waals surface area (Å²) in [4.78, 5) is 0. The fraction of sp³-hybridized carbons (Fsp3) is 0.500. The van der Waals surface area contributed by atoms with Crippen molar-refractivity contribution in [2.24, 2.45) is 5.73 Å². The lowest BCUT2D eigenvalue weighted by atomic mass is 10.3. The summed E-state index contributed by atoms with van der Waals surface area (Å²) >= 11 is 9.05. The zero-order chi connectivity index (χ0) is 5.70. The molecule has 0 aromatic rings. The van der Waals surface area contributed by atoms with Gasteiger partial charge in [-0.05, 0) is 17.2 Å². The van der Waals surface area contributed by atoms with Crippen LogP contribution in [0.4, 0.5) is 0 Å². The molecule has 0 bridgehead atoms. The third kappa shape index (κ3) is 3.98. The van der Waals surface area contributed by atoms with Gasteiger partial charge in [0.05, 0.1) is 0 Å². The van der Waals surface area contributed by atoms with E-state index in [4.69, 9.17) is 5.73 Å². The Bertz CT molecular complexity index is 72.1. The van der Waals surface area contributed by atoms with E-state index in [-0.39, 0.29) is 6.04 Å². The fourth-order valence-corrected chi connectivity index (χ4v) is 0.500. The van der Waals surface area contributed by atoms with E-state index in [2.05, 4.69) is 24.4 Å². The van der Waals surface area contributed by atoms with Crippen molar-refractivity contribution < 1.29 is 0 Å². The van der Waals surface area contributed by atoms with Gasteiger partial charge in [-0.15, -0.1) is 0 Å². The average Bonchev–Trinajstić information content (AvgIpc) is 1.68. The van der Waals surface area contributed by atoms with E-state index in [0.29, 0.717) is 6.42 Å². The number of nitrogens with two attached hydrogens (primary N) is 1. The molecule has 3 heteroatoms. The number of hydrogen-bond donors (Lipinski definition) is 1. The Kier molecular flexibility index (Phi) is 4.39. The van der Waals surface area contributed by atoms with Crippen LogP contribution < -0.4 is 5.73 Å². The number of hydrogen-bond acceptors (Lipinski definition) is 3. The second-order valence-corrected chi connectivity index (χ2v) is 1.81. The minimum absolute atomic E-state index is 0.0208. The highest BCUT2D eigenvalue weighted by Gasteiger charge is 1.89. The van der Waals surface area contributed by atoms with Gasteiger partial charge in [0.15, 0.2) is 0 Å². The Morgan fingerprint density at radius 3 is 2.29 bits per heavy atom. The molecule has 0 aromatic heterocycles. The largest absolute Gasteiger partial charge is 0.323 e. The van der Waals surface area contributed by atoms with Crippen LogP contribution >= 0.6 is 24.4 Å². The molecule has 0 fully saturated rings. The summed E-state index contributed by atoms with van der Waals surface area (Å²) in [5, 5.41) is 3.11. The molecular weight excluding hydrogens is 126 g/mol. The SMILES string of the molecule is NC(C=S)CC=S. The van der Waals surface area contributed by atoms with Crippen molar-refractivity contribution in [3.8, 4) is 0 Å². The molecule has 0 aliphatic carbocycles. The topological polar surface area (TPSA) is 26.0 Å². The lowest BCUT2D eigenvalue weighted by Crippen LogP contribution is -2.19. The fourth-order valence-electron chi connectivity index (χ4n) is 0.167. The van der Waals surface area contributed by atoms with Crippen molar-refractivity contribution in [2.75, 3.05) is 0 Å². The summed E-state index contributed by atoms with van der Waals surface area (Å²) < 4.78 is 0. The standard InChI is InChI=1S/C4H7NS2/c5-4(3-7)1-2-6/h2-4H,1,5H2. The van der Waals surface area contributed by atoms with Gasteiger partial charge >= 0.3 is 0 Å². The lowest BCUT2D eigenvalue weighted by Gasteiger charge is -1.94. The van der Waals surface area contributed by atoms with Crippen molar-refractivity contribution in [2.45, 2.75) is 12.5 Å². The first-order valence-corrected chi connectivity index (χ1v) is 2.90. The first kappa shape index (κ1) is 7.14. The zero-order valence-corrected chi connectivity index (χ0v) is 5.47. The van der Waals surface area contributed by atoms with E-state index in [1.54, 1.807) is 5.37 Å². The second-order valence-electron chi connectivity index (χ2n) is 1.20. The van der Waals surface area contributed by atoms with Gasteiger partial charge in [-0.3, -0.25) is 0 Å². The summed E-state index contributed by atoms with van der Waals surface area (Å²) in [7, 11) is 0. The number of rotatable bonds is 3. The van der Waals surface area contributed by atoms with Gasteiger partial charge in [0.25, 0.3) is 0 Å². The Morgan fingerprint density at radius 1 is 1.57 bits per heavy atom. The molecule has 40 valence electrons. The van der Waals surface area contributed by atoms with Crippen molar-refractivity contribution in [1.29, 1.82) is 0 Å². The summed E-state index contributed by atoms with van der Waals surface area (Å²) in [6.45, 7) is 0. The van der Waals surface area contributed by atoms with E-state index in [0.717, 1.165) is 0 Å². The van der Waals surface area contributed by atoms with Gasteiger partial charge in [0, 0.05) is 6.04 Å². The minimum Gasteiger partial charge on any atom is -0.323 e. The van der Waals surface area contributed by atoms with Gasteiger partial charge in [-0.2, -0.15) is 0 Å². The molecular formula is C4H7NS2. The molecule has 0 radical (unpaired) electrons. The van der Waals surface area contributed by atoms with Gasteiger partial charge in [0.2, 0.25) is 0 Å². The molecule has 1 nitrogen and oxygen atoms in total. The van der Waals surface area contributed by atoms with Crippen LogP contribution in [0.1, 0.15) is 6.42 Å². The lowest BCUT2D eigenvalue weighted by molar-refractivity contribution is 0.951. The average molecular weight is 133 g/mol. The maximum atomic E-state index is 5.33. The van der Waals surface area contributed by atoms with E-state index >= 15 is 0 Å². The third-order valence-electron chi connectivity index (χ3n) is 0.543. The smallest absolute Gasteiger partial charge is 0.0371 e. The zero-order valence-electron chi connectivity index (χ0n) is 3.83. The highest BCUT2D eigenvalue weighted by Crippen LogP contribution is 1.77. The predicted octanol–water partition coefficient (Wildman–Crippen LogP) is 0.703. The molecule has 0 amide bonds. The molecule has 0 heterocycles. The summed E-state index contributed by atoms with van der Waals surface area (Å²) in [6, 6.07) is -0.0208. The van der Waals surface area contributed by atoms with E-state index < -0.39 is 0 Å². The van der Waals surface area contributed by atoms with Gasteiger partial charge in [-0.25, -0.2) is 0 Å². The van der Waals surface area contributed by atoms with Gasteiger partial charge in [-0.1, -0.05) is 24.4 Å². The van der Waals surface area contributed by atoms with Crippen LogP contribution in [0, 0.1) is 0 Å².